The highest BCUT2D eigenvalue weighted by atomic mass is 16.4. The first-order valence-electron chi connectivity index (χ1n) is 8.52. The van der Waals surface area contributed by atoms with Crippen molar-refractivity contribution in [2.45, 2.75) is 53.0 Å². The molecule has 0 bridgehead atoms. The lowest BCUT2D eigenvalue weighted by Gasteiger charge is -2.45. The monoisotopic (exact) mass is 328 g/mol. The summed E-state index contributed by atoms with van der Waals surface area (Å²) in [6.07, 6.45) is 1.75. The van der Waals surface area contributed by atoms with Gasteiger partial charge in [0.25, 0.3) is 0 Å². The van der Waals surface area contributed by atoms with Gasteiger partial charge in [0.2, 0.25) is 0 Å². The van der Waals surface area contributed by atoms with Crippen LogP contribution in [0.5, 0.6) is 0 Å². The molecule has 0 aliphatic carbocycles. The molecule has 1 atom stereocenters. The summed E-state index contributed by atoms with van der Waals surface area (Å²) in [4.78, 5) is 17.1. The minimum absolute atomic E-state index is 0.293. The number of nitrogens with two attached hydrogens (primary N) is 1. The molecule has 1 heterocycles. The number of dihydropyridines is 1. The molecule has 0 spiro atoms. The number of aliphatic imine (C=N–C) groups is 1. The van der Waals surface area contributed by atoms with E-state index in [4.69, 9.17) is 10.7 Å². The molecular formula is C20H28N2O2. The van der Waals surface area contributed by atoms with E-state index in [1.54, 1.807) is 6.92 Å². The average Bonchev–Trinajstić information content (AvgIpc) is 2.51. The van der Waals surface area contributed by atoms with E-state index in [0.29, 0.717) is 6.54 Å². The molecule has 4 nitrogen and oxygen atoms in total. The van der Waals surface area contributed by atoms with Gasteiger partial charge in [-0.05, 0) is 50.8 Å². The lowest BCUT2D eigenvalue weighted by molar-refractivity contribution is -0.147. The largest absolute Gasteiger partial charge is 0.481 e. The fourth-order valence-electron chi connectivity index (χ4n) is 3.48. The average molecular weight is 328 g/mol. The highest BCUT2D eigenvalue weighted by Gasteiger charge is 2.54. The molecule has 24 heavy (non-hydrogen) atoms. The third-order valence-corrected chi connectivity index (χ3v) is 5.25. The summed E-state index contributed by atoms with van der Waals surface area (Å²) < 4.78 is 0. The second kappa shape index (κ2) is 6.52. The van der Waals surface area contributed by atoms with E-state index in [0.717, 1.165) is 40.8 Å². The number of carboxylic acids is 1. The Balaban J connectivity index is 2.83. The van der Waals surface area contributed by atoms with Gasteiger partial charge < -0.3 is 10.8 Å². The molecule has 1 aliphatic heterocycles. The van der Waals surface area contributed by atoms with E-state index < -0.39 is 16.9 Å². The SMILES string of the molecule is CCCC1=NC(C)(C)C(C)(C(=O)O)C(c2ccc(C)cc2)=C1CN. The van der Waals surface area contributed by atoms with Crippen LogP contribution >= 0.6 is 0 Å². The Morgan fingerprint density at radius 3 is 2.25 bits per heavy atom. The predicted molar refractivity (Wildman–Crippen MR) is 99.3 cm³/mol. The third-order valence-electron chi connectivity index (χ3n) is 5.25. The summed E-state index contributed by atoms with van der Waals surface area (Å²) in [7, 11) is 0. The summed E-state index contributed by atoms with van der Waals surface area (Å²) in [5.41, 5.74) is 8.87. The molecule has 3 N–H and O–H groups in total. The van der Waals surface area contributed by atoms with Crippen LogP contribution in [0.1, 0.15) is 51.7 Å². The van der Waals surface area contributed by atoms with Crippen LogP contribution in [0.25, 0.3) is 5.57 Å². The van der Waals surface area contributed by atoms with Crippen molar-refractivity contribution in [3.05, 3.63) is 41.0 Å². The van der Waals surface area contributed by atoms with E-state index in [1.807, 2.05) is 45.0 Å². The third kappa shape index (κ3) is 2.80. The van der Waals surface area contributed by atoms with E-state index in [1.165, 1.54) is 0 Å². The summed E-state index contributed by atoms with van der Waals surface area (Å²) in [5, 5.41) is 10.1. The summed E-state index contributed by atoms with van der Waals surface area (Å²) in [6, 6.07) is 8.01. The molecule has 2 rings (SSSR count). The fraction of sp³-hybridized carbons (Fsp3) is 0.500. The topological polar surface area (TPSA) is 75.7 Å². The number of aliphatic carboxylic acids is 1. The van der Waals surface area contributed by atoms with Gasteiger partial charge in [-0.1, -0.05) is 43.2 Å². The standard InChI is InChI=1S/C20H28N2O2/c1-6-7-16-15(12-21)17(14-10-8-13(2)9-11-14)20(5,18(23)24)19(3,4)22-16/h8-11H,6-7,12,21H2,1-5H3,(H,23,24). The van der Waals surface area contributed by atoms with Crippen LogP contribution in [0.2, 0.25) is 0 Å². The maximum absolute atomic E-state index is 12.3. The minimum Gasteiger partial charge on any atom is -0.481 e. The molecule has 1 aliphatic rings. The number of hydrogen-bond donors (Lipinski definition) is 2. The molecule has 0 radical (unpaired) electrons. The van der Waals surface area contributed by atoms with E-state index in [9.17, 15) is 9.90 Å². The van der Waals surface area contributed by atoms with Crippen molar-refractivity contribution < 1.29 is 9.90 Å². The van der Waals surface area contributed by atoms with Crippen LogP contribution in [0.4, 0.5) is 0 Å². The smallest absolute Gasteiger partial charge is 0.316 e. The van der Waals surface area contributed by atoms with Gasteiger partial charge in [-0.25, -0.2) is 0 Å². The molecule has 0 saturated heterocycles. The van der Waals surface area contributed by atoms with Crippen molar-refractivity contribution in [3.8, 4) is 0 Å². The quantitative estimate of drug-likeness (QED) is 0.862. The summed E-state index contributed by atoms with van der Waals surface area (Å²) in [5.74, 6) is -0.867. The summed E-state index contributed by atoms with van der Waals surface area (Å²) in [6.45, 7) is 9.98. The second-order valence-electron chi connectivity index (χ2n) is 7.22. The number of carboxylic acid groups (broad SMARTS) is 1. The van der Waals surface area contributed by atoms with E-state index in [2.05, 4.69) is 6.92 Å². The van der Waals surface area contributed by atoms with E-state index >= 15 is 0 Å². The Morgan fingerprint density at radius 2 is 1.79 bits per heavy atom. The van der Waals surface area contributed by atoms with Crippen molar-refractivity contribution in [1.29, 1.82) is 0 Å². The van der Waals surface area contributed by atoms with Gasteiger partial charge in [-0.15, -0.1) is 0 Å². The first-order chi connectivity index (χ1) is 11.2. The van der Waals surface area contributed by atoms with Crippen molar-refractivity contribution in [2.75, 3.05) is 6.54 Å². The van der Waals surface area contributed by atoms with Gasteiger partial charge >= 0.3 is 5.97 Å². The molecule has 0 fully saturated rings. The maximum atomic E-state index is 12.3. The van der Waals surface area contributed by atoms with Crippen LogP contribution in [0.15, 0.2) is 34.8 Å². The number of nitrogens with zero attached hydrogens (tertiary/aromatic N) is 1. The lowest BCUT2D eigenvalue weighted by Crippen LogP contribution is -2.51. The van der Waals surface area contributed by atoms with Crippen LogP contribution in [-0.2, 0) is 4.79 Å². The number of aryl methyl sites for hydroxylation is 1. The number of rotatable bonds is 5. The fourth-order valence-corrected chi connectivity index (χ4v) is 3.48. The second-order valence-corrected chi connectivity index (χ2v) is 7.22. The first kappa shape index (κ1) is 18.4. The summed E-state index contributed by atoms with van der Waals surface area (Å²) >= 11 is 0. The number of benzene rings is 1. The molecule has 1 aromatic rings. The molecular weight excluding hydrogens is 300 g/mol. The molecule has 0 aromatic heterocycles. The van der Waals surface area contributed by atoms with Gasteiger partial charge in [-0.3, -0.25) is 9.79 Å². The number of carbonyl (C=O) groups is 1. The zero-order chi connectivity index (χ0) is 18.1. The Bertz CT molecular complexity index is 699. The molecule has 130 valence electrons. The Hall–Kier alpha value is -1.94. The normalized spacial score (nSPS) is 23.2. The lowest BCUT2D eigenvalue weighted by atomic mass is 9.62. The van der Waals surface area contributed by atoms with Gasteiger partial charge in [-0.2, -0.15) is 0 Å². The molecule has 0 amide bonds. The maximum Gasteiger partial charge on any atom is 0.316 e. The van der Waals surface area contributed by atoms with Gasteiger partial charge in [0.1, 0.15) is 5.41 Å². The highest BCUT2D eigenvalue weighted by Crippen LogP contribution is 2.50. The zero-order valence-electron chi connectivity index (χ0n) is 15.3. The minimum atomic E-state index is -1.13. The molecule has 1 unspecified atom stereocenters. The van der Waals surface area contributed by atoms with Crippen molar-refractivity contribution in [1.82, 2.24) is 0 Å². The van der Waals surface area contributed by atoms with Crippen molar-refractivity contribution >= 4 is 17.3 Å². The molecule has 4 heteroatoms. The van der Waals surface area contributed by atoms with Crippen LogP contribution in [-0.4, -0.2) is 28.9 Å². The van der Waals surface area contributed by atoms with E-state index in [-0.39, 0.29) is 0 Å². The Morgan fingerprint density at radius 1 is 1.21 bits per heavy atom. The van der Waals surface area contributed by atoms with Crippen LogP contribution < -0.4 is 5.73 Å². The predicted octanol–water partition coefficient (Wildman–Crippen LogP) is 3.83. The van der Waals surface area contributed by atoms with Crippen LogP contribution in [0, 0.1) is 12.3 Å². The Labute approximate surface area is 144 Å². The van der Waals surface area contributed by atoms with Gasteiger partial charge in [0, 0.05) is 12.3 Å². The Kier molecular flexibility index (Phi) is 5.00. The highest BCUT2D eigenvalue weighted by molar-refractivity contribution is 6.13. The molecule has 0 saturated carbocycles. The zero-order valence-corrected chi connectivity index (χ0v) is 15.3. The van der Waals surface area contributed by atoms with Crippen molar-refractivity contribution in [3.63, 3.8) is 0 Å². The molecule has 1 aromatic carbocycles. The van der Waals surface area contributed by atoms with Gasteiger partial charge in [0.05, 0.1) is 5.54 Å². The van der Waals surface area contributed by atoms with Gasteiger partial charge in [0.15, 0.2) is 0 Å². The first-order valence-corrected chi connectivity index (χ1v) is 8.52. The van der Waals surface area contributed by atoms with Crippen LogP contribution in [0.3, 0.4) is 0 Å². The van der Waals surface area contributed by atoms with Crippen molar-refractivity contribution in [2.24, 2.45) is 16.1 Å². The number of hydrogen-bond acceptors (Lipinski definition) is 3.